The summed E-state index contributed by atoms with van der Waals surface area (Å²) in [5.41, 5.74) is 11.2. The quantitative estimate of drug-likeness (QED) is 0.174. The van der Waals surface area contributed by atoms with Crippen LogP contribution in [0.1, 0.15) is 0 Å². The topological polar surface area (TPSA) is 35.6 Å². The van der Waals surface area contributed by atoms with Crippen LogP contribution in [0.25, 0.3) is 120 Å². The molecular formula is C56H34N4S. The van der Waals surface area contributed by atoms with Crippen LogP contribution in [0.5, 0.6) is 0 Å². The van der Waals surface area contributed by atoms with Crippen molar-refractivity contribution in [3.05, 3.63) is 206 Å². The lowest BCUT2D eigenvalue weighted by Crippen LogP contribution is -2.03. The van der Waals surface area contributed by atoms with E-state index < -0.39 is 0 Å². The maximum absolute atomic E-state index is 5.57. The number of benzene rings is 9. The third-order valence-corrected chi connectivity index (χ3v) is 13.5. The maximum atomic E-state index is 5.57. The third kappa shape index (κ3) is 5.18. The van der Waals surface area contributed by atoms with Crippen molar-refractivity contribution >= 4 is 86.7 Å². The van der Waals surface area contributed by atoms with Crippen LogP contribution >= 0.6 is 11.3 Å². The molecule has 13 rings (SSSR count). The van der Waals surface area contributed by atoms with Gasteiger partial charge in [-0.3, -0.25) is 4.57 Å². The Balaban J connectivity index is 1.14. The van der Waals surface area contributed by atoms with E-state index in [9.17, 15) is 0 Å². The lowest BCUT2D eigenvalue weighted by Gasteiger charge is -2.14. The van der Waals surface area contributed by atoms with Gasteiger partial charge in [0.1, 0.15) is 0 Å². The van der Waals surface area contributed by atoms with Crippen molar-refractivity contribution in [2.24, 2.45) is 0 Å². The van der Waals surface area contributed by atoms with E-state index in [0.29, 0.717) is 5.82 Å². The molecule has 0 radical (unpaired) electrons. The molecule has 5 heteroatoms. The van der Waals surface area contributed by atoms with E-state index in [0.717, 1.165) is 39.0 Å². The molecule has 284 valence electrons. The summed E-state index contributed by atoms with van der Waals surface area (Å²) >= 11 is 1.81. The molecule has 0 amide bonds. The van der Waals surface area contributed by atoms with Gasteiger partial charge in [0.05, 0.1) is 33.0 Å². The van der Waals surface area contributed by atoms with Crippen LogP contribution in [-0.4, -0.2) is 19.1 Å². The van der Waals surface area contributed by atoms with Crippen LogP contribution in [0, 0.1) is 0 Å². The number of rotatable bonds is 5. The normalized spacial score (nSPS) is 11.9. The standard InChI is InChI=1S/C56H34N4S/c1-4-16-36(17-5-1)50-34-39-27-30-45-53(54(39)61-50)56(58-55(57-45)37-18-6-2-7-19-37)60-47-31-29-38(33-44(47)52-41-22-11-10-15-35(41)28-32-49(52)60)42-24-14-26-48-51(42)43-23-12-13-25-46(43)59(48)40-20-8-3-9-21-40/h1-34H. The van der Waals surface area contributed by atoms with E-state index in [1.54, 1.807) is 0 Å². The molecule has 9 aromatic carbocycles. The first kappa shape index (κ1) is 34.0. The molecule has 4 nitrogen and oxygen atoms in total. The van der Waals surface area contributed by atoms with E-state index in [1.165, 1.54) is 75.0 Å². The monoisotopic (exact) mass is 794 g/mol. The second-order valence-corrected chi connectivity index (χ2v) is 16.8. The maximum Gasteiger partial charge on any atom is 0.162 e. The average Bonchev–Trinajstić information content (AvgIpc) is 4.02. The van der Waals surface area contributed by atoms with E-state index in [2.05, 4.69) is 209 Å². The third-order valence-electron chi connectivity index (χ3n) is 12.3. The van der Waals surface area contributed by atoms with E-state index in [1.807, 2.05) is 17.4 Å². The van der Waals surface area contributed by atoms with Crippen molar-refractivity contribution in [3.63, 3.8) is 0 Å². The summed E-state index contributed by atoms with van der Waals surface area (Å²) in [6, 6.07) is 74.3. The van der Waals surface area contributed by atoms with Gasteiger partial charge in [-0.1, -0.05) is 152 Å². The van der Waals surface area contributed by atoms with Crippen molar-refractivity contribution < 1.29 is 0 Å². The summed E-state index contributed by atoms with van der Waals surface area (Å²) in [7, 11) is 0. The van der Waals surface area contributed by atoms with Crippen molar-refractivity contribution in [2.45, 2.75) is 0 Å². The molecule has 0 saturated heterocycles. The second kappa shape index (κ2) is 13.3. The molecule has 0 aliphatic heterocycles. The highest BCUT2D eigenvalue weighted by Gasteiger charge is 2.23. The number of hydrogen-bond acceptors (Lipinski definition) is 3. The number of hydrogen-bond donors (Lipinski definition) is 0. The first-order valence-electron chi connectivity index (χ1n) is 20.7. The Hall–Kier alpha value is -7.86. The van der Waals surface area contributed by atoms with E-state index >= 15 is 0 Å². The Morgan fingerprint density at radius 3 is 1.87 bits per heavy atom. The predicted molar refractivity (Wildman–Crippen MR) is 257 cm³/mol. The van der Waals surface area contributed by atoms with Crippen molar-refractivity contribution in [3.8, 4) is 44.5 Å². The zero-order chi connectivity index (χ0) is 40.0. The summed E-state index contributed by atoms with van der Waals surface area (Å²) in [6.07, 6.45) is 0. The largest absolute Gasteiger partial charge is 0.309 e. The molecule has 0 aliphatic carbocycles. The number of aromatic nitrogens is 4. The summed E-state index contributed by atoms with van der Waals surface area (Å²) in [4.78, 5) is 12.1. The van der Waals surface area contributed by atoms with E-state index in [4.69, 9.17) is 9.97 Å². The van der Waals surface area contributed by atoms with Crippen molar-refractivity contribution in [1.82, 2.24) is 19.1 Å². The van der Waals surface area contributed by atoms with Gasteiger partial charge in [-0.2, -0.15) is 0 Å². The van der Waals surface area contributed by atoms with Crippen LogP contribution in [0.3, 0.4) is 0 Å². The van der Waals surface area contributed by atoms with E-state index in [-0.39, 0.29) is 0 Å². The fourth-order valence-electron chi connectivity index (χ4n) is 9.62. The fourth-order valence-corrected chi connectivity index (χ4v) is 10.8. The number of fused-ring (bicyclic) bond motifs is 11. The number of para-hydroxylation sites is 2. The minimum atomic E-state index is 0.705. The van der Waals surface area contributed by atoms with Gasteiger partial charge in [-0.25, -0.2) is 9.97 Å². The Bertz CT molecular complexity index is 3860. The first-order chi connectivity index (χ1) is 30.3. The highest BCUT2D eigenvalue weighted by Crippen LogP contribution is 2.45. The Morgan fingerprint density at radius 1 is 0.377 bits per heavy atom. The highest BCUT2D eigenvalue weighted by atomic mass is 32.1. The van der Waals surface area contributed by atoms with Crippen molar-refractivity contribution in [1.29, 1.82) is 0 Å². The molecule has 0 bridgehead atoms. The summed E-state index contributed by atoms with van der Waals surface area (Å²) in [5.74, 6) is 1.59. The molecule has 0 saturated carbocycles. The van der Waals surface area contributed by atoms with Gasteiger partial charge in [0.15, 0.2) is 11.6 Å². The molecule has 61 heavy (non-hydrogen) atoms. The molecule has 13 aromatic rings. The highest BCUT2D eigenvalue weighted by molar-refractivity contribution is 7.23. The molecular weight excluding hydrogens is 761 g/mol. The lowest BCUT2D eigenvalue weighted by atomic mass is 9.97. The van der Waals surface area contributed by atoms with Gasteiger partial charge in [0.25, 0.3) is 0 Å². The van der Waals surface area contributed by atoms with Gasteiger partial charge in [-0.15, -0.1) is 11.3 Å². The van der Waals surface area contributed by atoms with Gasteiger partial charge >= 0.3 is 0 Å². The molecule has 0 fully saturated rings. The second-order valence-electron chi connectivity index (χ2n) is 15.7. The zero-order valence-electron chi connectivity index (χ0n) is 32.8. The summed E-state index contributed by atoms with van der Waals surface area (Å²) in [5, 5.41) is 9.55. The van der Waals surface area contributed by atoms with Gasteiger partial charge in [0, 0.05) is 42.4 Å². The molecule has 0 atom stereocenters. The molecule has 4 heterocycles. The fraction of sp³-hybridized carbons (Fsp3) is 0. The lowest BCUT2D eigenvalue weighted by molar-refractivity contribution is 1.08. The van der Waals surface area contributed by atoms with Gasteiger partial charge in [0.2, 0.25) is 0 Å². The van der Waals surface area contributed by atoms with Crippen molar-refractivity contribution in [2.75, 3.05) is 0 Å². The Kier molecular flexibility index (Phi) is 7.44. The predicted octanol–water partition coefficient (Wildman–Crippen LogP) is 15.2. The van der Waals surface area contributed by atoms with Crippen LogP contribution in [0.15, 0.2) is 206 Å². The van der Waals surface area contributed by atoms with Gasteiger partial charge < -0.3 is 4.57 Å². The minimum absolute atomic E-state index is 0.705. The smallest absolute Gasteiger partial charge is 0.162 e. The first-order valence-corrected chi connectivity index (χ1v) is 21.5. The molecule has 0 aliphatic rings. The molecule has 0 N–H and O–H groups in total. The Morgan fingerprint density at radius 2 is 1.03 bits per heavy atom. The summed E-state index contributed by atoms with van der Waals surface area (Å²) < 4.78 is 5.98. The summed E-state index contributed by atoms with van der Waals surface area (Å²) in [6.45, 7) is 0. The zero-order valence-corrected chi connectivity index (χ0v) is 33.6. The number of thiophene rings is 1. The van der Waals surface area contributed by atoms with Crippen LogP contribution in [0.2, 0.25) is 0 Å². The number of nitrogens with zero attached hydrogens (tertiary/aromatic N) is 4. The van der Waals surface area contributed by atoms with Crippen LogP contribution < -0.4 is 0 Å². The Labute approximate surface area is 354 Å². The molecule has 0 unspecified atom stereocenters. The molecule has 4 aromatic heterocycles. The van der Waals surface area contributed by atoms with Crippen LogP contribution in [-0.2, 0) is 0 Å². The molecule has 0 spiro atoms. The van der Waals surface area contributed by atoms with Crippen LogP contribution in [0.4, 0.5) is 0 Å². The van der Waals surface area contributed by atoms with Gasteiger partial charge in [-0.05, 0) is 87.4 Å². The SMILES string of the molecule is c1ccc(-c2nc(-n3c4ccc(-c5cccc6c5c5ccccc5n6-c5ccccc5)cc4c4c5ccccc5ccc43)c3c(ccc4cc(-c5ccccc5)sc43)n2)cc1. The average molecular weight is 795 g/mol. The minimum Gasteiger partial charge on any atom is -0.309 e.